The van der Waals surface area contributed by atoms with Crippen molar-refractivity contribution in [3.63, 3.8) is 0 Å². The monoisotopic (exact) mass is 439 g/mol. The Morgan fingerprint density at radius 1 is 1.42 bits per heavy atom. The smallest absolute Gasteiger partial charge is 0.358 e. The lowest BCUT2D eigenvalue weighted by Gasteiger charge is -2.20. The first-order chi connectivity index (χ1) is 14.9. The van der Waals surface area contributed by atoms with E-state index in [0.717, 1.165) is 16.8 Å². The van der Waals surface area contributed by atoms with Crippen molar-refractivity contribution in [3.05, 3.63) is 59.1 Å². The number of amides is 2. The van der Waals surface area contributed by atoms with E-state index in [1.807, 2.05) is 37.1 Å². The van der Waals surface area contributed by atoms with Gasteiger partial charge in [-0.25, -0.2) is 20.2 Å². The number of aromatic nitrogens is 2. The standard InChI is InChI=1S/C10H11ClN4.C10H11N5O/c1-8(14-7-12)15(2)6-9-3-4-10(11)13-5-9;1-8-7-15(10(16)14-13-8)12-6-9-3-2-4-11-5-9/h3-5H,6H2,1-2H3;2-6H,7H2,1H3,(H,14,16)/b14-8+;12-6+. The molecule has 0 spiro atoms. The molecule has 1 aliphatic rings. The van der Waals surface area contributed by atoms with E-state index >= 15 is 0 Å². The van der Waals surface area contributed by atoms with Gasteiger partial charge in [-0.1, -0.05) is 23.7 Å². The molecule has 10 nitrogen and oxygen atoms in total. The maximum absolute atomic E-state index is 11.3. The van der Waals surface area contributed by atoms with Crippen molar-refractivity contribution in [3.8, 4) is 6.19 Å². The van der Waals surface area contributed by atoms with Gasteiger partial charge in [0.25, 0.3) is 0 Å². The first-order valence-corrected chi connectivity index (χ1v) is 9.56. The van der Waals surface area contributed by atoms with Crippen LogP contribution in [0.1, 0.15) is 25.0 Å². The Labute approximate surface area is 185 Å². The molecule has 0 atom stereocenters. The minimum atomic E-state index is -0.328. The lowest BCUT2D eigenvalue weighted by atomic mass is 10.3. The highest BCUT2D eigenvalue weighted by Crippen LogP contribution is 2.07. The van der Waals surface area contributed by atoms with Gasteiger partial charge in [-0.3, -0.25) is 4.98 Å². The number of nitriles is 1. The average Bonchev–Trinajstić information content (AvgIpc) is 2.77. The van der Waals surface area contributed by atoms with E-state index in [1.54, 1.807) is 44.0 Å². The van der Waals surface area contributed by atoms with E-state index in [1.165, 1.54) is 5.01 Å². The van der Waals surface area contributed by atoms with Crippen molar-refractivity contribution >= 4 is 35.4 Å². The maximum Gasteiger partial charge on any atom is 0.358 e. The first kappa shape index (κ1) is 23.4. The van der Waals surface area contributed by atoms with Gasteiger partial charge in [-0.2, -0.15) is 20.5 Å². The number of hydrazone groups is 2. The van der Waals surface area contributed by atoms with Crippen LogP contribution < -0.4 is 5.43 Å². The van der Waals surface area contributed by atoms with Gasteiger partial charge in [0, 0.05) is 37.7 Å². The van der Waals surface area contributed by atoms with Crippen LogP contribution in [0.4, 0.5) is 4.79 Å². The summed E-state index contributed by atoms with van der Waals surface area (Å²) in [5, 5.41) is 18.1. The summed E-state index contributed by atoms with van der Waals surface area (Å²) in [4.78, 5) is 24.8. The SMILES string of the molecule is C/C(=N\C#N)N(C)Cc1ccc(Cl)nc1.CC1=NNC(=O)N(/N=C/c2cccnc2)C1. The number of hydrogen-bond acceptors (Lipinski definition) is 7. The molecule has 3 rings (SSSR count). The number of pyridine rings is 2. The summed E-state index contributed by atoms with van der Waals surface area (Å²) in [6, 6.07) is 6.97. The molecular formula is C20H22ClN9O. The van der Waals surface area contributed by atoms with Crippen LogP contribution in [0.3, 0.4) is 0 Å². The number of rotatable bonds is 4. The fourth-order valence-corrected chi connectivity index (χ4v) is 2.36. The van der Waals surface area contributed by atoms with Gasteiger partial charge >= 0.3 is 6.03 Å². The minimum absolute atomic E-state index is 0.328. The summed E-state index contributed by atoms with van der Waals surface area (Å²) in [5.74, 6) is 0.674. The second-order valence-electron chi connectivity index (χ2n) is 6.46. The number of nitrogens with zero attached hydrogens (tertiary/aromatic N) is 8. The first-order valence-electron chi connectivity index (χ1n) is 9.18. The van der Waals surface area contributed by atoms with E-state index in [4.69, 9.17) is 16.9 Å². The number of nitrogens with one attached hydrogen (secondary N) is 1. The number of carbonyl (C=O) groups is 1. The predicted molar refractivity (Wildman–Crippen MR) is 120 cm³/mol. The summed E-state index contributed by atoms with van der Waals surface area (Å²) in [6.45, 7) is 4.67. The quantitative estimate of drug-likeness (QED) is 0.339. The third kappa shape index (κ3) is 8.20. The molecule has 0 radical (unpaired) electrons. The molecule has 1 N–H and O–H groups in total. The van der Waals surface area contributed by atoms with Gasteiger partial charge < -0.3 is 4.90 Å². The summed E-state index contributed by atoms with van der Waals surface area (Å²) in [6.07, 6.45) is 8.40. The molecule has 2 aromatic heterocycles. The summed E-state index contributed by atoms with van der Waals surface area (Å²) in [5.41, 5.74) is 5.04. The summed E-state index contributed by atoms with van der Waals surface area (Å²) >= 11 is 5.67. The van der Waals surface area contributed by atoms with Crippen molar-refractivity contribution < 1.29 is 4.79 Å². The van der Waals surface area contributed by atoms with E-state index < -0.39 is 0 Å². The van der Waals surface area contributed by atoms with Crippen LogP contribution in [0.5, 0.6) is 0 Å². The fourth-order valence-electron chi connectivity index (χ4n) is 2.25. The molecule has 0 saturated carbocycles. The number of urea groups is 1. The van der Waals surface area contributed by atoms with Crippen LogP contribution in [-0.2, 0) is 6.54 Å². The van der Waals surface area contributed by atoms with E-state index in [-0.39, 0.29) is 6.03 Å². The van der Waals surface area contributed by atoms with Gasteiger partial charge in [0.15, 0.2) is 0 Å². The van der Waals surface area contributed by atoms with Crippen molar-refractivity contribution in [2.24, 2.45) is 15.2 Å². The minimum Gasteiger partial charge on any atom is -0.358 e. The molecule has 0 fully saturated rings. The molecule has 0 saturated heterocycles. The van der Waals surface area contributed by atoms with Crippen molar-refractivity contribution in [1.82, 2.24) is 25.3 Å². The van der Waals surface area contributed by atoms with Crippen LogP contribution in [0, 0.1) is 11.5 Å². The maximum atomic E-state index is 11.3. The molecule has 2 aromatic rings. The Hall–Kier alpha value is -3.84. The predicted octanol–water partition coefficient (Wildman–Crippen LogP) is 2.88. The van der Waals surface area contributed by atoms with E-state index in [2.05, 4.69) is 30.6 Å². The van der Waals surface area contributed by atoms with Crippen LogP contribution >= 0.6 is 11.6 Å². The Morgan fingerprint density at radius 3 is 2.87 bits per heavy atom. The lowest BCUT2D eigenvalue weighted by Crippen LogP contribution is -2.42. The van der Waals surface area contributed by atoms with Gasteiger partial charge in [-0.05, 0) is 31.5 Å². The molecule has 0 aliphatic carbocycles. The molecule has 1 aliphatic heterocycles. The zero-order chi connectivity index (χ0) is 22.6. The summed E-state index contributed by atoms with van der Waals surface area (Å²) in [7, 11) is 1.87. The highest BCUT2D eigenvalue weighted by molar-refractivity contribution is 6.29. The van der Waals surface area contributed by atoms with Crippen molar-refractivity contribution in [1.29, 1.82) is 5.26 Å². The van der Waals surface area contributed by atoms with Gasteiger partial charge in [0.1, 0.15) is 11.0 Å². The Balaban J connectivity index is 0.000000221. The number of amidine groups is 1. The normalized spacial score (nSPS) is 13.6. The topological polar surface area (TPSA) is 122 Å². The number of hydrogen-bond donors (Lipinski definition) is 1. The number of carbonyl (C=O) groups excluding carboxylic acids is 1. The van der Waals surface area contributed by atoms with Gasteiger partial charge in [0.2, 0.25) is 6.19 Å². The Kier molecular flexibility index (Phi) is 9.07. The zero-order valence-corrected chi connectivity index (χ0v) is 18.2. The van der Waals surface area contributed by atoms with Crippen LogP contribution in [0.15, 0.2) is 58.1 Å². The molecule has 0 bridgehead atoms. The molecular weight excluding hydrogens is 418 g/mol. The zero-order valence-electron chi connectivity index (χ0n) is 17.4. The Bertz CT molecular complexity index is 998. The fraction of sp³-hybridized carbons (Fsp3) is 0.250. The highest BCUT2D eigenvalue weighted by atomic mass is 35.5. The molecule has 11 heteroatoms. The second kappa shape index (κ2) is 12.0. The molecule has 0 unspecified atom stereocenters. The Morgan fingerprint density at radius 2 is 2.23 bits per heavy atom. The van der Waals surface area contributed by atoms with Crippen molar-refractivity contribution in [2.45, 2.75) is 20.4 Å². The van der Waals surface area contributed by atoms with E-state index in [9.17, 15) is 4.79 Å². The molecule has 31 heavy (non-hydrogen) atoms. The van der Waals surface area contributed by atoms with Crippen LogP contribution in [0.2, 0.25) is 5.15 Å². The van der Waals surface area contributed by atoms with Gasteiger partial charge in [0.05, 0.1) is 18.5 Å². The summed E-state index contributed by atoms with van der Waals surface area (Å²) < 4.78 is 0. The van der Waals surface area contributed by atoms with E-state index in [0.29, 0.717) is 24.1 Å². The average molecular weight is 440 g/mol. The largest absolute Gasteiger partial charge is 0.358 e. The lowest BCUT2D eigenvalue weighted by molar-refractivity contribution is 0.204. The molecule has 3 heterocycles. The van der Waals surface area contributed by atoms with Gasteiger partial charge in [-0.15, -0.1) is 0 Å². The molecule has 160 valence electrons. The third-order valence-corrected chi connectivity index (χ3v) is 4.18. The third-order valence-electron chi connectivity index (χ3n) is 3.96. The number of aliphatic imine (C=N–C) groups is 1. The molecule has 2 amide bonds. The number of halogens is 1. The second-order valence-corrected chi connectivity index (χ2v) is 6.84. The van der Waals surface area contributed by atoms with Crippen LogP contribution in [0.25, 0.3) is 0 Å². The van der Waals surface area contributed by atoms with Crippen molar-refractivity contribution in [2.75, 3.05) is 13.6 Å². The molecule has 0 aromatic carbocycles. The highest BCUT2D eigenvalue weighted by Gasteiger charge is 2.16. The van der Waals surface area contributed by atoms with Crippen LogP contribution in [-0.4, -0.2) is 57.3 Å².